The maximum absolute atomic E-state index is 14.2. The van der Waals surface area contributed by atoms with Crippen LogP contribution in [0.5, 0.6) is 0 Å². The van der Waals surface area contributed by atoms with Crippen LogP contribution in [0, 0.1) is 0 Å². The van der Waals surface area contributed by atoms with Gasteiger partial charge in [0.1, 0.15) is 0 Å². The van der Waals surface area contributed by atoms with Gasteiger partial charge in [0.05, 0.1) is 0 Å². The van der Waals surface area contributed by atoms with Crippen molar-refractivity contribution in [1.82, 2.24) is 4.90 Å². The maximum Gasteiger partial charge on any atom is 0.393 e. The summed E-state index contributed by atoms with van der Waals surface area (Å²) >= 11 is 3.35. The number of nitrogens with zero attached hydrogens (tertiary/aromatic N) is 1. The maximum atomic E-state index is 14.2. The van der Waals surface area contributed by atoms with E-state index in [1.54, 1.807) is 0 Å². The molecule has 0 aromatic rings. The van der Waals surface area contributed by atoms with Crippen LogP contribution in [0.15, 0.2) is 12.7 Å². The van der Waals surface area contributed by atoms with Gasteiger partial charge in [0.15, 0.2) is 0 Å². The van der Waals surface area contributed by atoms with Gasteiger partial charge in [0.2, 0.25) is 0 Å². The Bertz CT molecular complexity index is 973. The van der Waals surface area contributed by atoms with E-state index in [9.17, 15) is 92.6 Å². The number of carbonyl (C=O) groups is 1. The van der Waals surface area contributed by atoms with Crippen LogP contribution >= 0.6 is 11.6 Å². The highest BCUT2D eigenvalue weighted by molar-refractivity contribution is 6.22. The fraction of sp³-hybridized carbons (Fsp3) is 0.842. The predicted molar refractivity (Wildman–Crippen MR) is 102 cm³/mol. The van der Waals surface area contributed by atoms with E-state index in [0.29, 0.717) is 6.08 Å². The number of unbranched alkanes of at least 4 members (excludes halogenated alkanes) is 2. The van der Waals surface area contributed by atoms with Gasteiger partial charge in [-0.3, -0.25) is 4.79 Å². The molecule has 2 nitrogen and oxygen atoms in total. The average Bonchev–Trinajstić information content (AvgIpc) is 2.81. The van der Waals surface area contributed by atoms with Crippen molar-refractivity contribution in [2.24, 2.45) is 0 Å². The van der Waals surface area contributed by atoms with Crippen LogP contribution < -0.4 is 0 Å². The van der Waals surface area contributed by atoms with Gasteiger partial charge in [0, 0.05) is 13.1 Å². The van der Waals surface area contributed by atoms with E-state index in [-0.39, 0.29) is 19.3 Å². The molecule has 250 valence electrons. The van der Waals surface area contributed by atoms with E-state index in [0.717, 1.165) is 0 Å². The molecule has 0 atom stereocenters. The SMILES string of the molecule is C=CCN(CCCCC)C(=O)C(F)(F)C(F)(F)C(F)(F)C(F)(F)C(F)(F)C(F)(F)C(F)(F)C(F)(F)C(F)(F)C(F)(F)Cl. The van der Waals surface area contributed by atoms with Crippen molar-refractivity contribution < 1.29 is 92.6 Å². The number of rotatable bonds is 16. The molecule has 0 bridgehead atoms. The lowest BCUT2D eigenvalue weighted by Gasteiger charge is -2.44. The van der Waals surface area contributed by atoms with E-state index >= 15 is 0 Å². The van der Waals surface area contributed by atoms with Crippen molar-refractivity contribution in [3.63, 3.8) is 0 Å². The largest absolute Gasteiger partial charge is 0.393 e. The smallest absolute Gasteiger partial charge is 0.334 e. The lowest BCUT2D eigenvalue weighted by Crippen LogP contribution is -2.77. The molecule has 0 fully saturated rings. The molecule has 0 unspecified atom stereocenters. The van der Waals surface area contributed by atoms with Gasteiger partial charge < -0.3 is 4.90 Å². The molecule has 0 N–H and O–H groups in total. The molecule has 0 aliphatic rings. The fourth-order valence-electron chi connectivity index (χ4n) is 2.88. The van der Waals surface area contributed by atoms with Crippen LogP contribution in [-0.2, 0) is 4.79 Å². The zero-order valence-electron chi connectivity index (χ0n) is 20.1. The average molecular weight is 690 g/mol. The fourth-order valence-corrected chi connectivity index (χ4v) is 2.99. The van der Waals surface area contributed by atoms with Gasteiger partial charge in [-0.2, -0.15) is 87.8 Å². The van der Waals surface area contributed by atoms with Crippen molar-refractivity contribution in [2.75, 3.05) is 13.1 Å². The standard InChI is InChI=1S/C19H16ClF20NO/c1-3-5-6-8-41(7-4-2)9(42)10(21,22)11(23,24)12(25,26)13(27,28)14(29,30)15(31,32)16(33,34)17(35,36)18(37,38)19(20,39)40/h4H,2-3,5-8H2,1H3. The minimum atomic E-state index is -9.17. The summed E-state index contributed by atoms with van der Waals surface area (Å²) in [6.07, 6.45) is 0.353. The lowest BCUT2D eigenvalue weighted by molar-refractivity contribution is -0.464. The van der Waals surface area contributed by atoms with Crippen molar-refractivity contribution in [3.8, 4) is 0 Å². The number of amides is 1. The molecule has 0 aromatic carbocycles. The molecular weight excluding hydrogens is 674 g/mol. The Labute approximate surface area is 226 Å². The molecule has 0 rings (SSSR count). The minimum Gasteiger partial charge on any atom is -0.334 e. The first-order chi connectivity index (χ1) is 18.2. The second-order valence-corrected chi connectivity index (χ2v) is 8.89. The Balaban J connectivity index is 7.06. The Morgan fingerprint density at radius 3 is 1.19 bits per heavy atom. The van der Waals surface area contributed by atoms with E-state index in [4.69, 9.17) is 0 Å². The summed E-state index contributed by atoms with van der Waals surface area (Å²) < 4.78 is 273. The van der Waals surface area contributed by atoms with Crippen LogP contribution in [-0.4, -0.2) is 82.6 Å². The third-order valence-electron chi connectivity index (χ3n) is 5.45. The van der Waals surface area contributed by atoms with Crippen molar-refractivity contribution >= 4 is 17.5 Å². The Morgan fingerprint density at radius 1 is 0.595 bits per heavy atom. The van der Waals surface area contributed by atoms with Crippen LogP contribution in [0.1, 0.15) is 26.2 Å². The molecule has 0 saturated carbocycles. The van der Waals surface area contributed by atoms with E-state index in [1.165, 1.54) is 6.92 Å². The van der Waals surface area contributed by atoms with Crippen molar-refractivity contribution in [3.05, 3.63) is 12.7 Å². The Morgan fingerprint density at radius 2 is 0.905 bits per heavy atom. The highest BCUT2D eigenvalue weighted by Gasteiger charge is 2.98. The Kier molecular flexibility index (Phi) is 11.0. The van der Waals surface area contributed by atoms with Gasteiger partial charge >= 0.3 is 58.7 Å². The summed E-state index contributed by atoms with van der Waals surface area (Å²) in [6, 6.07) is 0. The van der Waals surface area contributed by atoms with E-state index in [1.807, 2.05) is 0 Å². The van der Waals surface area contributed by atoms with Crippen molar-refractivity contribution in [1.29, 1.82) is 0 Å². The zero-order valence-corrected chi connectivity index (χ0v) is 20.9. The highest BCUT2D eigenvalue weighted by atomic mass is 35.5. The number of hydrogen-bond acceptors (Lipinski definition) is 1. The summed E-state index contributed by atoms with van der Waals surface area (Å²) in [5.41, 5.74) is 0. The van der Waals surface area contributed by atoms with Gasteiger partial charge in [0.25, 0.3) is 5.91 Å². The normalized spacial score (nSPS) is 15.6. The third-order valence-corrected chi connectivity index (χ3v) is 5.68. The van der Waals surface area contributed by atoms with E-state index in [2.05, 4.69) is 18.2 Å². The molecule has 0 saturated heterocycles. The lowest BCUT2D eigenvalue weighted by atomic mass is 9.86. The quantitative estimate of drug-likeness (QED) is 0.0687. The summed E-state index contributed by atoms with van der Waals surface area (Å²) in [4.78, 5) is 11.4. The zero-order chi connectivity index (χ0) is 34.4. The molecule has 0 aromatic heterocycles. The number of carbonyl (C=O) groups excluding carboxylic acids is 1. The molecule has 0 aliphatic carbocycles. The van der Waals surface area contributed by atoms with Crippen LogP contribution in [0.25, 0.3) is 0 Å². The molecular formula is C19H16ClF20NO. The molecule has 0 heterocycles. The van der Waals surface area contributed by atoms with Crippen molar-refractivity contribution in [2.45, 2.75) is 84.9 Å². The van der Waals surface area contributed by atoms with Gasteiger partial charge in [-0.05, 0) is 18.0 Å². The number of halogens is 21. The Hall–Kier alpha value is -1.90. The van der Waals surface area contributed by atoms with Gasteiger partial charge in [-0.15, -0.1) is 6.58 Å². The molecule has 0 aliphatic heterocycles. The monoisotopic (exact) mass is 689 g/mol. The molecule has 42 heavy (non-hydrogen) atoms. The number of alkyl halides is 21. The van der Waals surface area contributed by atoms with Gasteiger partial charge in [-0.25, -0.2) is 0 Å². The molecule has 23 heteroatoms. The summed E-state index contributed by atoms with van der Waals surface area (Å²) in [5, 5.41) is -7.07. The van der Waals surface area contributed by atoms with Crippen LogP contribution in [0.2, 0.25) is 0 Å². The molecule has 0 spiro atoms. The highest BCUT2D eigenvalue weighted by Crippen LogP contribution is 2.66. The van der Waals surface area contributed by atoms with Crippen LogP contribution in [0.4, 0.5) is 87.8 Å². The minimum absolute atomic E-state index is 0.0198. The summed E-state index contributed by atoms with van der Waals surface area (Å²) in [5.74, 6) is -80.9. The second-order valence-electron chi connectivity index (χ2n) is 8.41. The van der Waals surface area contributed by atoms with E-state index < -0.39 is 82.6 Å². The second kappa shape index (κ2) is 11.6. The van der Waals surface area contributed by atoms with Gasteiger partial charge in [-0.1, -0.05) is 25.8 Å². The number of hydrogen-bond donors (Lipinski definition) is 0. The predicted octanol–water partition coefficient (Wildman–Crippen LogP) is 8.74. The molecule has 1 amide bonds. The summed E-state index contributed by atoms with van der Waals surface area (Å²) in [6.45, 7) is 2.04. The first kappa shape index (κ1) is 40.1. The first-order valence-corrected chi connectivity index (χ1v) is 10.9. The first-order valence-electron chi connectivity index (χ1n) is 10.6. The topological polar surface area (TPSA) is 20.3 Å². The van der Waals surface area contributed by atoms with Crippen LogP contribution in [0.3, 0.4) is 0 Å². The summed E-state index contributed by atoms with van der Waals surface area (Å²) in [7, 11) is 0. The third kappa shape index (κ3) is 5.56. The molecule has 0 radical (unpaired) electrons.